The monoisotopic (exact) mass is 372 g/mol. The molecule has 0 aliphatic carbocycles. The van der Waals surface area contributed by atoms with Gasteiger partial charge in [0.15, 0.2) is 0 Å². The first-order valence-electron chi connectivity index (χ1n) is 7.35. The molecule has 1 aromatic carbocycles. The van der Waals surface area contributed by atoms with Gasteiger partial charge in [0.1, 0.15) is 5.92 Å². The third-order valence-corrected chi connectivity index (χ3v) is 4.41. The Bertz CT molecular complexity index is 744. The van der Waals surface area contributed by atoms with E-state index in [1.54, 1.807) is 6.92 Å². The lowest BCUT2D eigenvalue weighted by molar-refractivity contribution is -0.143. The molecule has 1 aliphatic heterocycles. The van der Waals surface area contributed by atoms with E-state index in [1.807, 2.05) is 0 Å². The lowest BCUT2D eigenvalue weighted by Crippen LogP contribution is -2.34. The van der Waals surface area contributed by atoms with Gasteiger partial charge in [-0.05, 0) is 25.5 Å². The van der Waals surface area contributed by atoms with Crippen molar-refractivity contribution < 1.29 is 27.5 Å². The molecule has 0 saturated carbocycles. The first kappa shape index (κ1) is 19.2. The number of hydrogen-bond donors (Lipinski definition) is 0. The van der Waals surface area contributed by atoms with Crippen molar-refractivity contribution in [1.29, 1.82) is 0 Å². The highest BCUT2D eigenvalue weighted by atomic mass is 32.2. The van der Waals surface area contributed by atoms with Crippen molar-refractivity contribution in [3.63, 3.8) is 0 Å². The largest absolute Gasteiger partial charge is 0.465 e. The number of hydrogen-bond acceptors (Lipinski definition) is 4. The van der Waals surface area contributed by atoms with E-state index in [4.69, 9.17) is 4.74 Å². The number of esters is 1. The Labute approximate surface area is 146 Å². The summed E-state index contributed by atoms with van der Waals surface area (Å²) in [6.45, 7) is 3.31. The second-order valence-electron chi connectivity index (χ2n) is 5.16. The minimum absolute atomic E-state index is 0.124. The highest BCUT2D eigenvalue weighted by molar-refractivity contribution is 8.13. The second-order valence-corrected chi connectivity index (χ2v) is 6.15. The molecule has 1 heterocycles. The molecule has 1 aliphatic rings. The van der Waals surface area contributed by atoms with Crippen LogP contribution < -0.4 is 0 Å². The Balaban J connectivity index is 2.17. The number of urea groups is 1. The maximum absolute atomic E-state index is 12.8. The van der Waals surface area contributed by atoms with Crippen LogP contribution in [0.4, 0.5) is 18.0 Å². The number of nitrogens with zero attached hydrogens (tertiary/aromatic N) is 2. The molecule has 0 N–H and O–H groups in total. The van der Waals surface area contributed by atoms with Crippen molar-refractivity contribution in [3.8, 4) is 0 Å². The summed E-state index contributed by atoms with van der Waals surface area (Å²) < 4.78 is 43.3. The van der Waals surface area contributed by atoms with Gasteiger partial charge in [0.25, 0.3) is 0 Å². The van der Waals surface area contributed by atoms with Crippen molar-refractivity contribution in [3.05, 3.63) is 35.4 Å². The molecule has 0 fully saturated rings. The summed E-state index contributed by atoms with van der Waals surface area (Å²) in [5.74, 6) is -1.38. The summed E-state index contributed by atoms with van der Waals surface area (Å²) in [5, 5.41) is 0.174. The van der Waals surface area contributed by atoms with Crippen molar-refractivity contribution in [2.75, 3.05) is 6.61 Å². The zero-order valence-electron chi connectivity index (χ0n) is 13.5. The zero-order valence-corrected chi connectivity index (χ0v) is 14.3. The fraction of sp³-hybridized carbons (Fsp3) is 0.375. The SMILES string of the molecule is CCOC(=O)C1C(C)=NC(=O)N=C1SCc1cccc(C(F)(F)F)c1. The van der Waals surface area contributed by atoms with Crippen LogP contribution in [0.15, 0.2) is 34.3 Å². The quantitative estimate of drug-likeness (QED) is 0.746. The fourth-order valence-corrected chi connectivity index (χ4v) is 3.26. The number of alkyl halides is 3. The number of benzene rings is 1. The van der Waals surface area contributed by atoms with Gasteiger partial charge < -0.3 is 4.74 Å². The summed E-state index contributed by atoms with van der Waals surface area (Å²) in [7, 11) is 0. The standard InChI is InChI=1S/C16H15F3N2O3S/c1-3-24-14(22)12-9(2)20-15(23)21-13(12)25-8-10-5-4-6-11(7-10)16(17,18)19/h4-7,12H,3,8H2,1-2H3. The topological polar surface area (TPSA) is 68.1 Å². The minimum Gasteiger partial charge on any atom is -0.465 e. The summed E-state index contributed by atoms with van der Waals surface area (Å²) in [4.78, 5) is 31.0. The number of carbonyl (C=O) groups is 2. The average Bonchev–Trinajstić information content (AvgIpc) is 2.52. The predicted octanol–water partition coefficient (Wildman–Crippen LogP) is 4.11. The molecular weight excluding hydrogens is 357 g/mol. The molecule has 25 heavy (non-hydrogen) atoms. The van der Waals surface area contributed by atoms with Crippen LogP contribution in [-0.2, 0) is 21.5 Å². The van der Waals surface area contributed by atoms with Crippen LogP contribution >= 0.6 is 11.8 Å². The van der Waals surface area contributed by atoms with Crippen LogP contribution in [0.1, 0.15) is 25.0 Å². The molecule has 9 heteroatoms. The van der Waals surface area contributed by atoms with E-state index in [0.29, 0.717) is 5.56 Å². The van der Waals surface area contributed by atoms with Crippen LogP contribution in [0.2, 0.25) is 0 Å². The lowest BCUT2D eigenvalue weighted by atomic mass is 10.1. The van der Waals surface area contributed by atoms with Crippen LogP contribution in [0.5, 0.6) is 0 Å². The number of aliphatic imine (C=N–C) groups is 2. The maximum atomic E-state index is 12.8. The zero-order chi connectivity index (χ0) is 18.6. The van der Waals surface area contributed by atoms with Gasteiger partial charge in [0, 0.05) is 11.5 Å². The number of thioether (sulfide) groups is 1. The van der Waals surface area contributed by atoms with Crippen LogP contribution in [0.3, 0.4) is 0 Å². The van der Waals surface area contributed by atoms with E-state index >= 15 is 0 Å². The van der Waals surface area contributed by atoms with E-state index in [0.717, 1.165) is 23.9 Å². The fourth-order valence-electron chi connectivity index (χ4n) is 2.19. The Morgan fingerprint density at radius 2 is 2.04 bits per heavy atom. The van der Waals surface area contributed by atoms with E-state index in [1.165, 1.54) is 19.1 Å². The summed E-state index contributed by atoms with van der Waals surface area (Å²) in [6.07, 6.45) is -4.43. The van der Waals surface area contributed by atoms with Crippen molar-refractivity contribution in [2.45, 2.75) is 25.8 Å². The predicted molar refractivity (Wildman–Crippen MR) is 88.8 cm³/mol. The molecule has 0 radical (unpaired) electrons. The number of halogens is 3. The Morgan fingerprint density at radius 3 is 2.68 bits per heavy atom. The molecule has 1 atom stereocenters. The van der Waals surface area contributed by atoms with Gasteiger partial charge in [-0.15, -0.1) is 11.8 Å². The molecule has 1 unspecified atom stereocenters. The van der Waals surface area contributed by atoms with E-state index in [9.17, 15) is 22.8 Å². The third-order valence-electron chi connectivity index (χ3n) is 3.31. The van der Waals surface area contributed by atoms with Gasteiger partial charge in [-0.2, -0.15) is 23.2 Å². The minimum atomic E-state index is -4.43. The molecule has 0 saturated heterocycles. The van der Waals surface area contributed by atoms with E-state index < -0.39 is 29.7 Å². The van der Waals surface area contributed by atoms with Crippen molar-refractivity contribution in [1.82, 2.24) is 0 Å². The molecule has 134 valence electrons. The first-order valence-corrected chi connectivity index (χ1v) is 8.34. The number of carbonyl (C=O) groups excluding carboxylic acids is 2. The number of rotatable bonds is 4. The van der Waals surface area contributed by atoms with Gasteiger partial charge in [0.05, 0.1) is 17.2 Å². The highest BCUT2D eigenvalue weighted by Gasteiger charge is 2.34. The Morgan fingerprint density at radius 1 is 1.32 bits per heavy atom. The van der Waals surface area contributed by atoms with Crippen molar-refractivity contribution in [2.24, 2.45) is 15.9 Å². The lowest BCUT2D eigenvalue weighted by Gasteiger charge is -2.19. The number of ether oxygens (including phenoxy) is 1. The highest BCUT2D eigenvalue weighted by Crippen LogP contribution is 2.31. The maximum Gasteiger partial charge on any atom is 0.416 e. The van der Waals surface area contributed by atoms with Gasteiger partial charge >= 0.3 is 18.2 Å². The molecule has 2 amide bonds. The normalized spacial score (nSPS) is 17.8. The third kappa shape index (κ3) is 4.91. The summed E-state index contributed by atoms with van der Waals surface area (Å²) in [6, 6.07) is 4.10. The Hall–Kier alpha value is -2.16. The van der Waals surface area contributed by atoms with E-state index in [2.05, 4.69) is 9.98 Å². The summed E-state index contributed by atoms with van der Waals surface area (Å²) in [5.41, 5.74) is -0.102. The van der Waals surface area contributed by atoms with Crippen LogP contribution in [-0.4, -0.2) is 29.4 Å². The Kier molecular flexibility index (Phi) is 5.99. The van der Waals surface area contributed by atoms with Gasteiger partial charge in [-0.1, -0.05) is 18.2 Å². The van der Waals surface area contributed by atoms with Crippen molar-refractivity contribution >= 4 is 34.5 Å². The molecule has 0 spiro atoms. The van der Waals surface area contributed by atoms with E-state index in [-0.39, 0.29) is 23.1 Å². The molecule has 2 rings (SSSR count). The summed E-state index contributed by atoms with van der Waals surface area (Å²) >= 11 is 1.02. The molecule has 5 nitrogen and oxygen atoms in total. The second kappa shape index (κ2) is 7.81. The average molecular weight is 372 g/mol. The molecule has 1 aromatic rings. The van der Waals surface area contributed by atoms with Crippen LogP contribution in [0.25, 0.3) is 0 Å². The van der Waals surface area contributed by atoms with Gasteiger partial charge in [0.2, 0.25) is 0 Å². The molecular formula is C16H15F3N2O3S. The molecule has 0 aromatic heterocycles. The van der Waals surface area contributed by atoms with Crippen LogP contribution in [0, 0.1) is 5.92 Å². The first-order chi connectivity index (χ1) is 11.7. The number of amides is 2. The smallest absolute Gasteiger partial charge is 0.416 e. The van der Waals surface area contributed by atoms with Gasteiger partial charge in [-0.25, -0.2) is 4.79 Å². The van der Waals surface area contributed by atoms with Gasteiger partial charge in [-0.3, -0.25) is 4.79 Å². The molecule has 0 bridgehead atoms.